The smallest absolute Gasteiger partial charge is 0.212 e. The van der Waals surface area contributed by atoms with E-state index in [1.807, 2.05) is 25.1 Å². The van der Waals surface area contributed by atoms with Crippen molar-refractivity contribution in [1.29, 1.82) is 0 Å². The predicted octanol–water partition coefficient (Wildman–Crippen LogP) is 5.98. The van der Waals surface area contributed by atoms with Gasteiger partial charge in [0.25, 0.3) is 0 Å². The van der Waals surface area contributed by atoms with Crippen molar-refractivity contribution in [2.75, 3.05) is 7.11 Å². The van der Waals surface area contributed by atoms with Gasteiger partial charge in [0.1, 0.15) is 34.2 Å². The number of aromatic amines is 1. The Morgan fingerprint density at radius 1 is 1.13 bits per heavy atom. The molecule has 0 fully saturated rings. The molecule has 0 aliphatic rings. The highest BCUT2D eigenvalue weighted by atomic mass is 79.9. The third kappa shape index (κ3) is 4.70. The molecule has 0 unspecified atom stereocenters. The zero-order valence-corrected chi connectivity index (χ0v) is 19.0. The standard InChI is InChI=1S/C22H17BrClFN4O2/c1-12-7-16(24)17(26-9-12)11-31-14-4-5-15(18(8-14)30-2)20-21(23)29-22(28-20)13-3-6-19(25)27-10-13/h3-10H,11H2,1-2H3,(H,28,29). The van der Waals surface area contributed by atoms with Gasteiger partial charge in [-0.05, 0) is 58.7 Å². The highest BCUT2D eigenvalue weighted by molar-refractivity contribution is 9.10. The van der Waals surface area contributed by atoms with Crippen LogP contribution < -0.4 is 9.47 Å². The Labute approximate surface area is 191 Å². The zero-order valence-electron chi connectivity index (χ0n) is 16.6. The number of halogens is 3. The van der Waals surface area contributed by atoms with Gasteiger partial charge in [0.15, 0.2) is 0 Å². The molecule has 3 aromatic heterocycles. The van der Waals surface area contributed by atoms with Crippen LogP contribution in [0.25, 0.3) is 22.6 Å². The zero-order chi connectivity index (χ0) is 22.0. The number of pyridine rings is 2. The second-order valence-corrected chi connectivity index (χ2v) is 7.91. The Bertz CT molecular complexity index is 1230. The van der Waals surface area contributed by atoms with Crippen molar-refractivity contribution >= 4 is 27.5 Å². The minimum absolute atomic E-state index is 0.232. The molecule has 0 bridgehead atoms. The number of hydrogen-bond acceptors (Lipinski definition) is 5. The summed E-state index contributed by atoms with van der Waals surface area (Å²) in [5, 5.41) is 0.562. The molecule has 158 valence electrons. The van der Waals surface area contributed by atoms with Crippen LogP contribution in [-0.2, 0) is 6.61 Å². The number of rotatable bonds is 6. The Kier molecular flexibility index (Phi) is 6.20. The number of ether oxygens (including phenoxy) is 2. The van der Waals surface area contributed by atoms with Crippen LogP contribution in [0.3, 0.4) is 0 Å². The lowest BCUT2D eigenvalue weighted by Crippen LogP contribution is -2.00. The average Bonchev–Trinajstić information content (AvgIpc) is 3.14. The summed E-state index contributed by atoms with van der Waals surface area (Å²) in [5.41, 5.74) is 3.70. The monoisotopic (exact) mass is 502 g/mol. The number of nitrogens with zero attached hydrogens (tertiary/aromatic N) is 3. The van der Waals surface area contributed by atoms with Crippen LogP contribution >= 0.6 is 27.5 Å². The van der Waals surface area contributed by atoms with Crippen LogP contribution in [0.5, 0.6) is 11.5 Å². The first-order valence-electron chi connectivity index (χ1n) is 9.24. The van der Waals surface area contributed by atoms with Crippen molar-refractivity contribution in [1.82, 2.24) is 19.9 Å². The molecule has 4 rings (SSSR count). The number of nitrogens with one attached hydrogen (secondary N) is 1. The molecular formula is C22H17BrClFN4O2. The number of H-pyrrole nitrogens is 1. The SMILES string of the molecule is COc1cc(OCc2ncc(C)cc2Cl)ccc1-c1nc(-c2ccc(F)nc2)[nH]c1Br. The van der Waals surface area contributed by atoms with Gasteiger partial charge < -0.3 is 14.5 Å². The van der Waals surface area contributed by atoms with Crippen LogP contribution in [0.1, 0.15) is 11.3 Å². The minimum Gasteiger partial charge on any atom is -0.496 e. The highest BCUT2D eigenvalue weighted by Gasteiger charge is 2.17. The van der Waals surface area contributed by atoms with Crippen molar-refractivity contribution in [3.05, 3.63) is 75.6 Å². The Hall–Kier alpha value is -2.97. The molecule has 0 saturated heterocycles. The predicted molar refractivity (Wildman–Crippen MR) is 120 cm³/mol. The maximum Gasteiger partial charge on any atom is 0.212 e. The minimum atomic E-state index is -0.547. The van der Waals surface area contributed by atoms with Crippen molar-refractivity contribution in [3.8, 4) is 34.1 Å². The van der Waals surface area contributed by atoms with E-state index in [1.165, 1.54) is 12.3 Å². The third-order valence-electron chi connectivity index (χ3n) is 4.52. The molecule has 0 saturated carbocycles. The fourth-order valence-corrected chi connectivity index (χ4v) is 3.73. The summed E-state index contributed by atoms with van der Waals surface area (Å²) in [4.78, 5) is 15.7. The van der Waals surface area contributed by atoms with Gasteiger partial charge in [0.05, 0.1) is 17.8 Å². The van der Waals surface area contributed by atoms with Gasteiger partial charge in [-0.15, -0.1) is 0 Å². The lowest BCUT2D eigenvalue weighted by atomic mass is 10.1. The van der Waals surface area contributed by atoms with E-state index >= 15 is 0 Å². The third-order valence-corrected chi connectivity index (χ3v) is 5.42. The normalized spacial score (nSPS) is 10.9. The maximum atomic E-state index is 13.1. The van der Waals surface area contributed by atoms with Crippen LogP contribution in [0.2, 0.25) is 5.02 Å². The van der Waals surface area contributed by atoms with Gasteiger partial charge in [0.2, 0.25) is 5.95 Å². The number of benzene rings is 1. The van der Waals surface area contributed by atoms with Crippen molar-refractivity contribution < 1.29 is 13.9 Å². The van der Waals surface area contributed by atoms with Gasteiger partial charge in [-0.25, -0.2) is 9.97 Å². The summed E-state index contributed by atoms with van der Waals surface area (Å²) >= 11 is 9.73. The van der Waals surface area contributed by atoms with E-state index in [0.29, 0.717) is 43.9 Å². The summed E-state index contributed by atoms with van der Waals surface area (Å²) in [6, 6.07) is 10.2. The average molecular weight is 504 g/mol. The van der Waals surface area contributed by atoms with Crippen LogP contribution in [0, 0.1) is 12.9 Å². The molecule has 1 aromatic carbocycles. The van der Waals surface area contributed by atoms with Crippen LogP contribution in [0.4, 0.5) is 4.39 Å². The molecule has 0 spiro atoms. The van der Waals surface area contributed by atoms with Gasteiger partial charge >= 0.3 is 0 Å². The van der Waals surface area contributed by atoms with Crippen LogP contribution in [-0.4, -0.2) is 27.0 Å². The fourth-order valence-electron chi connectivity index (χ4n) is 2.96. The van der Waals surface area contributed by atoms with E-state index in [2.05, 4.69) is 35.9 Å². The molecular weight excluding hydrogens is 487 g/mol. The summed E-state index contributed by atoms with van der Waals surface area (Å²) < 4.78 is 25.2. The number of aromatic nitrogens is 4. The summed E-state index contributed by atoms with van der Waals surface area (Å²) in [6.45, 7) is 2.16. The lowest BCUT2D eigenvalue weighted by Gasteiger charge is -2.11. The van der Waals surface area contributed by atoms with Gasteiger partial charge in [-0.1, -0.05) is 11.6 Å². The first-order valence-corrected chi connectivity index (χ1v) is 10.4. The Balaban J connectivity index is 1.59. The molecule has 0 atom stereocenters. The highest BCUT2D eigenvalue weighted by Crippen LogP contribution is 2.37. The second kappa shape index (κ2) is 9.03. The van der Waals surface area contributed by atoms with E-state index in [-0.39, 0.29) is 6.61 Å². The van der Waals surface area contributed by atoms with E-state index < -0.39 is 5.95 Å². The Morgan fingerprint density at radius 2 is 1.97 bits per heavy atom. The Morgan fingerprint density at radius 3 is 2.68 bits per heavy atom. The molecule has 0 aliphatic carbocycles. The van der Waals surface area contributed by atoms with E-state index in [4.69, 9.17) is 21.1 Å². The van der Waals surface area contributed by atoms with E-state index in [9.17, 15) is 4.39 Å². The number of aryl methyl sites for hydroxylation is 1. The fraction of sp³-hybridized carbons (Fsp3) is 0.136. The van der Waals surface area contributed by atoms with E-state index in [1.54, 1.807) is 25.4 Å². The van der Waals surface area contributed by atoms with Crippen molar-refractivity contribution in [2.45, 2.75) is 13.5 Å². The molecule has 1 N–H and O–H groups in total. The van der Waals surface area contributed by atoms with Gasteiger partial charge in [-0.3, -0.25) is 4.98 Å². The molecule has 6 nitrogen and oxygen atoms in total. The summed E-state index contributed by atoms with van der Waals surface area (Å²) in [7, 11) is 1.58. The lowest BCUT2D eigenvalue weighted by molar-refractivity contribution is 0.299. The van der Waals surface area contributed by atoms with Crippen LogP contribution in [0.15, 0.2) is 53.4 Å². The first kappa shape index (κ1) is 21.3. The number of imidazole rings is 1. The molecule has 0 aliphatic heterocycles. The van der Waals surface area contributed by atoms with Crippen molar-refractivity contribution in [3.63, 3.8) is 0 Å². The summed E-state index contributed by atoms with van der Waals surface area (Å²) in [6.07, 6.45) is 3.17. The topological polar surface area (TPSA) is 72.9 Å². The van der Waals surface area contributed by atoms with E-state index in [0.717, 1.165) is 11.1 Å². The molecule has 4 aromatic rings. The second-order valence-electron chi connectivity index (χ2n) is 6.71. The number of hydrogen-bond donors (Lipinski definition) is 1. The largest absolute Gasteiger partial charge is 0.496 e. The van der Waals surface area contributed by atoms with Gasteiger partial charge in [0, 0.05) is 29.6 Å². The summed E-state index contributed by atoms with van der Waals surface area (Å²) in [5.74, 6) is 1.19. The molecule has 3 heterocycles. The maximum absolute atomic E-state index is 13.1. The molecule has 31 heavy (non-hydrogen) atoms. The molecule has 0 amide bonds. The van der Waals surface area contributed by atoms with Crippen molar-refractivity contribution in [2.24, 2.45) is 0 Å². The quantitative estimate of drug-likeness (QED) is 0.328. The first-order chi connectivity index (χ1) is 14.9. The molecule has 9 heteroatoms. The number of methoxy groups -OCH3 is 1. The molecule has 0 radical (unpaired) electrons. The van der Waals surface area contributed by atoms with Gasteiger partial charge in [-0.2, -0.15) is 4.39 Å².